The van der Waals surface area contributed by atoms with E-state index >= 15 is 0 Å². The molecule has 2 heterocycles. The number of carbonyl (C=O) groups excluding carboxylic acids is 2. The summed E-state index contributed by atoms with van der Waals surface area (Å²) in [4.78, 5) is 32.3. The molecule has 0 aliphatic carbocycles. The summed E-state index contributed by atoms with van der Waals surface area (Å²) in [7, 11) is 1.95. The van der Waals surface area contributed by atoms with Crippen molar-refractivity contribution < 1.29 is 14.3 Å². The third-order valence-corrected chi connectivity index (χ3v) is 3.97. The number of hydrogen-bond donors (Lipinski definition) is 1. The van der Waals surface area contributed by atoms with Crippen LogP contribution in [0.25, 0.3) is 0 Å². The number of ether oxygens (including phenoxy) is 1. The Bertz CT molecular complexity index is 776. The van der Waals surface area contributed by atoms with Gasteiger partial charge in [-0.15, -0.1) is 0 Å². The van der Waals surface area contributed by atoms with Gasteiger partial charge in [-0.25, -0.2) is 14.6 Å². The number of aromatic nitrogens is 1. The van der Waals surface area contributed by atoms with Crippen molar-refractivity contribution in [3.63, 3.8) is 0 Å². The summed E-state index contributed by atoms with van der Waals surface area (Å²) in [5.74, 6) is 0.404. The van der Waals surface area contributed by atoms with Gasteiger partial charge >= 0.3 is 12.0 Å². The van der Waals surface area contributed by atoms with Crippen LogP contribution in [-0.4, -0.2) is 43.7 Å². The second kappa shape index (κ2) is 7.21. The van der Waals surface area contributed by atoms with E-state index in [2.05, 4.69) is 10.3 Å². The molecular weight excluding hydrogens is 320 g/mol. The molecule has 0 saturated carbocycles. The molecule has 7 heteroatoms. The number of rotatable bonds is 3. The number of nitrogens with zero attached hydrogens (tertiary/aromatic N) is 3. The van der Waals surface area contributed by atoms with Crippen molar-refractivity contribution in [2.24, 2.45) is 0 Å². The fraction of sp³-hybridized carbons (Fsp3) is 0.278. The predicted molar refractivity (Wildman–Crippen MR) is 96.3 cm³/mol. The van der Waals surface area contributed by atoms with E-state index in [0.717, 1.165) is 11.5 Å². The molecule has 1 aliphatic heterocycles. The van der Waals surface area contributed by atoms with Crippen LogP contribution in [0, 0.1) is 0 Å². The zero-order chi connectivity index (χ0) is 17.8. The van der Waals surface area contributed by atoms with Crippen LogP contribution in [0.2, 0.25) is 0 Å². The number of urea groups is 1. The fourth-order valence-electron chi connectivity index (χ4n) is 2.68. The van der Waals surface area contributed by atoms with Crippen molar-refractivity contribution in [2.45, 2.75) is 6.92 Å². The van der Waals surface area contributed by atoms with Gasteiger partial charge in [-0.05, 0) is 43.3 Å². The molecule has 1 N–H and O–H groups in total. The van der Waals surface area contributed by atoms with E-state index in [1.54, 1.807) is 42.3 Å². The van der Waals surface area contributed by atoms with Gasteiger partial charge in [-0.3, -0.25) is 4.90 Å². The molecule has 7 nitrogen and oxygen atoms in total. The van der Waals surface area contributed by atoms with Crippen LogP contribution in [0.5, 0.6) is 0 Å². The summed E-state index contributed by atoms with van der Waals surface area (Å²) < 4.78 is 4.95. The zero-order valence-electron chi connectivity index (χ0n) is 14.2. The van der Waals surface area contributed by atoms with E-state index in [1.165, 1.54) is 0 Å². The normalized spacial score (nSPS) is 13.2. The Morgan fingerprint density at radius 3 is 2.68 bits per heavy atom. The number of hydrogen-bond acceptors (Lipinski definition) is 5. The quantitative estimate of drug-likeness (QED) is 0.870. The highest BCUT2D eigenvalue weighted by Gasteiger charge is 2.25. The van der Waals surface area contributed by atoms with E-state index in [4.69, 9.17) is 4.74 Å². The van der Waals surface area contributed by atoms with E-state index in [9.17, 15) is 9.59 Å². The van der Waals surface area contributed by atoms with Crippen LogP contribution in [0.4, 0.5) is 22.0 Å². The van der Waals surface area contributed by atoms with Crippen molar-refractivity contribution in [2.75, 3.05) is 41.9 Å². The van der Waals surface area contributed by atoms with Gasteiger partial charge in [0.25, 0.3) is 0 Å². The Kier molecular flexibility index (Phi) is 4.83. The monoisotopic (exact) mass is 340 g/mol. The number of amides is 2. The molecule has 1 aromatic heterocycles. The minimum Gasteiger partial charge on any atom is -0.462 e. The summed E-state index contributed by atoms with van der Waals surface area (Å²) >= 11 is 0. The topological polar surface area (TPSA) is 74.8 Å². The third kappa shape index (κ3) is 3.55. The maximum atomic E-state index is 12.6. The van der Waals surface area contributed by atoms with Crippen molar-refractivity contribution in [3.8, 4) is 0 Å². The van der Waals surface area contributed by atoms with Crippen molar-refractivity contribution in [3.05, 3.63) is 48.2 Å². The maximum absolute atomic E-state index is 12.6. The summed E-state index contributed by atoms with van der Waals surface area (Å²) in [6.45, 7) is 3.37. The second-order valence-corrected chi connectivity index (χ2v) is 5.65. The molecule has 3 rings (SSSR count). The molecule has 0 fully saturated rings. The molecule has 0 atom stereocenters. The summed E-state index contributed by atoms with van der Waals surface area (Å²) in [5, 5.41) is 2.85. The van der Waals surface area contributed by atoms with Crippen LogP contribution in [0.1, 0.15) is 17.3 Å². The largest absolute Gasteiger partial charge is 0.462 e. The van der Waals surface area contributed by atoms with Gasteiger partial charge in [0.1, 0.15) is 0 Å². The fourth-order valence-corrected chi connectivity index (χ4v) is 2.68. The lowest BCUT2D eigenvalue weighted by Gasteiger charge is -2.34. The average molecular weight is 340 g/mol. The Morgan fingerprint density at radius 1 is 1.20 bits per heavy atom. The Labute approximate surface area is 146 Å². The first-order chi connectivity index (χ1) is 12.1. The predicted octanol–water partition coefficient (Wildman–Crippen LogP) is 2.75. The maximum Gasteiger partial charge on any atom is 0.338 e. The lowest BCUT2D eigenvalue weighted by atomic mass is 10.2. The molecule has 0 spiro atoms. The standard InChI is InChI=1S/C18H20N4O3/c1-3-25-17(23)13-6-8-14(9-7-13)20-18(24)22-12-11-21(2)16-15(22)5-4-10-19-16/h4-10H,3,11-12H2,1-2H3,(H,20,24). The van der Waals surface area contributed by atoms with Crippen LogP contribution in [0.3, 0.4) is 0 Å². The van der Waals surface area contributed by atoms with Crippen LogP contribution in [0.15, 0.2) is 42.6 Å². The SMILES string of the molecule is CCOC(=O)c1ccc(NC(=O)N2CCN(C)c3ncccc32)cc1. The molecule has 2 aromatic rings. The molecule has 2 amide bonds. The van der Waals surface area contributed by atoms with Crippen molar-refractivity contribution in [1.29, 1.82) is 0 Å². The van der Waals surface area contributed by atoms with E-state index in [0.29, 0.717) is 30.9 Å². The number of likely N-dealkylation sites (N-methyl/N-ethyl adjacent to an activating group) is 1. The van der Waals surface area contributed by atoms with Crippen LogP contribution >= 0.6 is 0 Å². The lowest BCUT2D eigenvalue weighted by molar-refractivity contribution is 0.0526. The number of fused-ring (bicyclic) bond motifs is 1. The zero-order valence-corrected chi connectivity index (χ0v) is 14.2. The van der Waals surface area contributed by atoms with Gasteiger partial charge < -0.3 is 15.0 Å². The lowest BCUT2D eigenvalue weighted by Crippen LogP contribution is -2.45. The number of carbonyl (C=O) groups is 2. The van der Waals surface area contributed by atoms with Crippen molar-refractivity contribution >= 4 is 29.2 Å². The molecule has 130 valence electrons. The third-order valence-electron chi connectivity index (χ3n) is 3.97. The highest BCUT2D eigenvalue weighted by atomic mass is 16.5. The highest BCUT2D eigenvalue weighted by molar-refractivity contribution is 6.04. The first-order valence-corrected chi connectivity index (χ1v) is 8.12. The smallest absolute Gasteiger partial charge is 0.338 e. The van der Waals surface area contributed by atoms with Crippen molar-refractivity contribution in [1.82, 2.24) is 4.98 Å². The van der Waals surface area contributed by atoms with Gasteiger partial charge in [0.05, 0.1) is 17.9 Å². The average Bonchev–Trinajstić information content (AvgIpc) is 2.63. The number of esters is 1. The Hall–Kier alpha value is -3.09. The number of anilines is 3. The molecule has 0 bridgehead atoms. The number of nitrogens with one attached hydrogen (secondary N) is 1. The van der Waals surface area contributed by atoms with Crippen LogP contribution < -0.4 is 15.1 Å². The minimum atomic E-state index is -0.376. The number of pyridine rings is 1. The summed E-state index contributed by atoms with van der Waals surface area (Å²) in [6, 6.07) is 10.1. The molecule has 1 aliphatic rings. The molecular formula is C18H20N4O3. The molecule has 0 radical (unpaired) electrons. The second-order valence-electron chi connectivity index (χ2n) is 5.65. The minimum absolute atomic E-state index is 0.230. The van der Waals surface area contributed by atoms with Crippen LogP contribution in [-0.2, 0) is 4.74 Å². The Morgan fingerprint density at radius 2 is 1.96 bits per heavy atom. The van der Waals surface area contributed by atoms with Gasteiger partial charge in [-0.2, -0.15) is 0 Å². The first-order valence-electron chi connectivity index (χ1n) is 8.12. The molecule has 1 aromatic carbocycles. The first kappa shape index (κ1) is 16.8. The summed E-state index contributed by atoms with van der Waals surface area (Å²) in [5.41, 5.74) is 1.84. The molecule has 25 heavy (non-hydrogen) atoms. The van der Waals surface area contributed by atoms with E-state index < -0.39 is 0 Å². The highest BCUT2D eigenvalue weighted by Crippen LogP contribution is 2.29. The van der Waals surface area contributed by atoms with Gasteiger partial charge in [0.15, 0.2) is 5.82 Å². The summed E-state index contributed by atoms with van der Waals surface area (Å²) in [6.07, 6.45) is 1.71. The van der Waals surface area contributed by atoms with E-state index in [1.807, 2.05) is 24.1 Å². The Balaban J connectivity index is 1.73. The molecule has 0 unspecified atom stereocenters. The van der Waals surface area contributed by atoms with Gasteiger partial charge in [-0.1, -0.05) is 0 Å². The van der Waals surface area contributed by atoms with Gasteiger partial charge in [0.2, 0.25) is 0 Å². The van der Waals surface area contributed by atoms with E-state index in [-0.39, 0.29) is 12.0 Å². The van der Waals surface area contributed by atoms with Gasteiger partial charge in [0, 0.05) is 32.0 Å². The molecule has 0 saturated heterocycles. The number of benzene rings is 1.